The Bertz CT molecular complexity index is 1190. The monoisotopic (exact) mass is 486 g/mol. The third kappa shape index (κ3) is 5.85. The van der Waals surface area contributed by atoms with E-state index in [9.17, 15) is 19.2 Å². The zero-order chi connectivity index (χ0) is 25.1. The number of rotatable bonds is 10. The summed E-state index contributed by atoms with van der Waals surface area (Å²) in [5.41, 5.74) is -0.0997. The third-order valence-electron chi connectivity index (χ3n) is 6.88. The molecule has 0 aromatic carbocycles. The van der Waals surface area contributed by atoms with Crippen molar-refractivity contribution < 1.29 is 9.59 Å². The second-order valence-electron chi connectivity index (χ2n) is 10.4. The van der Waals surface area contributed by atoms with Gasteiger partial charge in [-0.05, 0) is 38.0 Å². The Kier molecular flexibility index (Phi) is 7.76. The molecule has 0 radical (unpaired) electrons. The van der Waals surface area contributed by atoms with E-state index >= 15 is 0 Å². The lowest BCUT2D eigenvalue weighted by molar-refractivity contribution is -0.135. The summed E-state index contributed by atoms with van der Waals surface area (Å²) in [5, 5.41) is 3.06. The van der Waals surface area contributed by atoms with Gasteiger partial charge in [0.25, 0.3) is 5.56 Å². The molecule has 2 aromatic heterocycles. The Balaban J connectivity index is 1.53. The second-order valence-corrected chi connectivity index (χ2v) is 10.4. The maximum absolute atomic E-state index is 13.1. The molecule has 2 amide bonds. The topological polar surface area (TPSA) is 122 Å². The zero-order valence-corrected chi connectivity index (χ0v) is 21.1. The highest BCUT2D eigenvalue weighted by atomic mass is 16.2. The van der Waals surface area contributed by atoms with Gasteiger partial charge in [-0.3, -0.25) is 23.9 Å². The highest BCUT2D eigenvalue weighted by molar-refractivity contribution is 5.82. The number of nitrogens with one attached hydrogen (secondary N) is 2. The van der Waals surface area contributed by atoms with Gasteiger partial charge in [0, 0.05) is 45.1 Å². The van der Waals surface area contributed by atoms with Crippen LogP contribution < -0.4 is 16.6 Å². The van der Waals surface area contributed by atoms with E-state index in [0.717, 1.165) is 38.5 Å². The highest BCUT2D eigenvalue weighted by Crippen LogP contribution is 2.23. The maximum atomic E-state index is 13.1. The van der Waals surface area contributed by atoms with Crippen LogP contribution in [0, 0.1) is 11.8 Å². The van der Waals surface area contributed by atoms with E-state index in [0.29, 0.717) is 55.6 Å². The first-order chi connectivity index (χ1) is 16.8. The molecule has 0 bridgehead atoms. The van der Waals surface area contributed by atoms with E-state index in [-0.39, 0.29) is 30.1 Å². The van der Waals surface area contributed by atoms with Crippen molar-refractivity contribution in [3.05, 3.63) is 26.7 Å². The van der Waals surface area contributed by atoms with Crippen molar-refractivity contribution in [2.75, 3.05) is 13.1 Å². The van der Waals surface area contributed by atoms with Crippen LogP contribution >= 0.6 is 0 Å². The van der Waals surface area contributed by atoms with Crippen molar-refractivity contribution in [1.29, 1.82) is 0 Å². The predicted molar refractivity (Wildman–Crippen MR) is 133 cm³/mol. The highest BCUT2D eigenvalue weighted by Gasteiger charge is 2.32. The zero-order valence-electron chi connectivity index (χ0n) is 21.1. The molecule has 10 heteroatoms. The van der Waals surface area contributed by atoms with Crippen molar-refractivity contribution >= 4 is 23.0 Å². The Labute approximate surface area is 205 Å². The van der Waals surface area contributed by atoms with Gasteiger partial charge in [-0.25, -0.2) is 9.78 Å². The summed E-state index contributed by atoms with van der Waals surface area (Å²) in [6.45, 7) is 8.33. The number of carbonyl (C=O) groups is 2. The van der Waals surface area contributed by atoms with Gasteiger partial charge in [-0.15, -0.1) is 0 Å². The lowest BCUT2D eigenvalue weighted by Crippen LogP contribution is -2.46. The van der Waals surface area contributed by atoms with Crippen LogP contribution in [0.1, 0.15) is 71.5 Å². The summed E-state index contributed by atoms with van der Waals surface area (Å²) in [4.78, 5) is 59.8. The average Bonchev–Trinajstić information content (AvgIpc) is 3.57. The molecular weight excluding hydrogens is 448 g/mol. The van der Waals surface area contributed by atoms with Gasteiger partial charge in [0.2, 0.25) is 11.8 Å². The lowest BCUT2D eigenvalue weighted by atomic mass is 9.96. The van der Waals surface area contributed by atoms with E-state index in [1.54, 1.807) is 4.90 Å². The number of H-pyrrole nitrogens is 1. The summed E-state index contributed by atoms with van der Waals surface area (Å²) in [5.74, 6) is 0.807. The van der Waals surface area contributed by atoms with Gasteiger partial charge in [0.15, 0.2) is 11.2 Å². The number of aromatic amines is 1. The Hall–Kier alpha value is -2.91. The predicted octanol–water partition coefficient (Wildman–Crippen LogP) is 1.79. The number of aromatic nitrogens is 4. The quantitative estimate of drug-likeness (QED) is 0.530. The number of hydrogen-bond acceptors (Lipinski definition) is 5. The van der Waals surface area contributed by atoms with Crippen molar-refractivity contribution in [1.82, 2.24) is 29.3 Å². The minimum absolute atomic E-state index is 0.00522. The number of aryl methyl sites for hydroxylation is 2. The molecule has 2 aliphatic rings. The Morgan fingerprint density at radius 2 is 1.94 bits per heavy atom. The normalized spacial score (nSPS) is 18.4. The molecule has 3 heterocycles. The number of nitrogens with zero attached hydrogens (tertiary/aromatic N) is 4. The smallest absolute Gasteiger partial charge is 0.330 e. The molecule has 0 spiro atoms. The van der Waals surface area contributed by atoms with Gasteiger partial charge in [-0.2, -0.15) is 0 Å². The van der Waals surface area contributed by atoms with Crippen molar-refractivity contribution in [2.45, 2.75) is 91.3 Å². The molecule has 1 aliphatic heterocycles. The molecule has 1 aliphatic carbocycles. The molecule has 1 unspecified atom stereocenters. The van der Waals surface area contributed by atoms with Crippen LogP contribution in [0.5, 0.6) is 0 Å². The molecule has 2 fully saturated rings. The fourth-order valence-electron chi connectivity index (χ4n) is 4.84. The van der Waals surface area contributed by atoms with E-state index in [4.69, 9.17) is 4.98 Å². The minimum atomic E-state index is -0.448. The fourth-order valence-corrected chi connectivity index (χ4v) is 4.84. The number of imidazole rings is 1. The van der Waals surface area contributed by atoms with Gasteiger partial charge < -0.3 is 14.8 Å². The molecule has 35 heavy (non-hydrogen) atoms. The van der Waals surface area contributed by atoms with E-state index in [1.165, 1.54) is 4.57 Å². The minimum Gasteiger partial charge on any atom is -0.353 e. The SMILES string of the molecule is CCCCn1c(=O)[nH]c(=O)c2c1nc(CCC(=O)N1CCCC(C(=O)NC3CC3)C1)n2CC(C)C. The number of unbranched alkanes of at least 4 members (excludes halogenated alkanes) is 1. The van der Waals surface area contributed by atoms with Crippen LogP contribution in [0.3, 0.4) is 0 Å². The van der Waals surface area contributed by atoms with Crippen LogP contribution in [0.2, 0.25) is 0 Å². The summed E-state index contributed by atoms with van der Waals surface area (Å²) >= 11 is 0. The lowest BCUT2D eigenvalue weighted by Gasteiger charge is -2.32. The standard InChI is InChI=1S/C25H38N6O4/c1-4-5-13-30-22-21(24(34)28-25(30)35)31(14-16(2)3)19(27-22)10-11-20(32)29-12-6-7-17(15-29)23(33)26-18-8-9-18/h16-18H,4-15H2,1-3H3,(H,26,33)(H,28,34,35). The number of hydrogen-bond donors (Lipinski definition) is 2. The van der Waals surface area contributed by atoms with Crippen LogP contribution in [0.25, 0.3) is 11.2 Å². The molecule has 1 saturated heterocycles. The molecule has 10 nitrogen and oxygen atoms in total. The van der Waals surface area contributed by atoms with Crippen molar-refractivity contribution in [3.63, 3.8) is 0 Å². The largest absolute Gasteiger partial charge is 0.353 e. The summed E-state index contributed by atoms with van der Waals surface area (Å²) in [6, 6.07) is 0.320. The second kappa shape index (κ2) is 10.8. The van der Waals surface area contributed by atoms with Crippen molar-refractivity contribution in [2.24, 2.45) is 11.8 Å². The number of carbonyl (C=O) groups excluding carboxylic acids is 2. The van der Waals surface area contributed by atoms with Crippen LogP contribution in [0.4, 0.5) is 0 Å². The van der Waals surface area contributed by atoms with E-state index in [1.807, 2.05) is 11.5 Å². The van der Waals surface area contributed by atoms with Gasteiger partial charge >= 0.3 is 5.69 Å². The average molecular weight is 487 g/mol. The summed E-state index contributed by atoms with van der Waals surface area (Å²) < 4.78 is 3.41. The van der Waals surface area contributed by atoms with Gasteiger partial charge in [0.1, 0.15) is 5.82 Å². The van der Waals surface area contributed by atoms with Gasteiger partial charge in [-0.1, -0.05) is 27.2 Å². The third-order valence-corrected chi connectivity index (χ3v) is 6.88. The molecule has 2 N–H and O–H groups in total. The fraction of sp³-hybridized carbons (Fsp3) is 0.720. The van der Waals surface area contributed by atoms with Crippen LogP contribution in [0.15, 0.2) is 9.59 Å². The molecule has 1 atom stereocenters. The first kappa shape index (κ1) is 25.2. The van der Waals surface area contributed by atoms with Crippen molar-refractivity contribution in [3.8, 4) is 0 Å². The number of likely N-dealkylation sites (tertiary alicyclic amines) is 1. The molecule has 4 rings (SSSR count). The number of amides is 2. The summed E-state index contributed by atoms with van der Waals surface area (Å²) in [6.07, 6.45) is 6.06. The maximum Gasteiger partial charge on any atom is 0.330 e. The van der Waals surface area contributed by atoms with E-state index < -0.39 is 11.2 Å². The number of fused-ring (bicyclic) bond motifs is 1. The Morgan fingerprint density at radius 3 is 2.63 bits per heavy atom. The molecule has 192 valence electrons. The van der Waals surface area contributed by atoms with Crippen LogP contribution in [-0.4, -0.2) is 54.9 Å². The van der Waals surface area contributed by atoms with Gasteiger partial charge in [0.05, 0.1) is 5.92 Å². The first-order valence-corrected chi connectivity index (χ1v) is 13.1. The first-order valence-electron chi connectivity index (χ1n) is 13.1. The molecular formula is C25H38N6O4. The summed E-state index contributed by atoms with van der Waals surface area (Å²) in [7, 11) is 0. The number of piperidine rings is 1. The molecule has 1 saturated carbocycles. The van der Waals surface area contributed by atoms with E-state index in [2.05, 4.69) is 24.1 Å². The van der Waals surface area contributed by atoms with Crippen LogP contribution in [-0.2, 0) is 29.1 Å². The Morgan fingerprint density at radius 1 is 1.17 bits per heavy atom. The molecule has 2 aromatic rings.